The molecule has 6 heteroatoms. The van der Waals surface area contributed by atoms with Crippen molar-refractivity contribution in [1.82, 2.24) is 0 Å². The van der Waals surface area contributed by atoms with Gasteiger partial charge in [-0.05, 0) is 34.7 Å². The monoisotopic (exact) mass is 320 g/mol. The number of benzene rings is 1. The third-order valence-corrected chi connectivity index (χ3v) is 3.08. The van der Waals surface area contributed by atoms with E-state index in [2.05, 4.69) is 17.4 Å². The molecule has 72 valence electrons. The minimum atomic E-state index is -4.65. The fraction of sp³-hybridized carbons (Fsp3) is 0.143. The molecule has 0 heterocycles. The Bertz CT molecular complexity index is 313. The Balaban J connectivity index is 2.96. The molecule has 13 heavy (non-hydrogen) atoms. The van der Waals surface area contributed by atoms with Gasteiger partial charge in [0.1, 0.15) is 5.75 Å². The van der Waals surface area contributed by atoms with Gasteiger partial charge in [0.25, 0.3) is 0 Å². The van der Waals surface area contributed by atoms with E-state index in [1.54, 1.807) is 28.7 Å². The van der Waals surface area contributed by atoms with E-state index in [1.165, 1.54) is 12.1 Å². The standard InChI is InChI=1S/C7H4F3IOS/c8-7(9,10)12-4-2-1-3-5(13)6(4)11/h1-3,13H. The molecule has 0 aliphatic heterocycles. The first-order valence-electron chi connectivity index (χ1n) is 3.13. The highest BCUT2D eigenvalue weighted by Gasteiger charge is 2.32. The normalized spacial score (nSPS) is 11.5. The maximum atomic E-state index is 11.8. The van der Waals surface area contributed by atoms with E-state index < -0.39 is 6.36 Å². The summed E-state index contributed by atoms with van der Waals surface area (Å²) in [5.74, 6) is -0.222. The molecule has 0 spiro atoms. The SMILES string of the molecule is FC(F)(F)Oc1cccc(S)c1I. The molecule has 0 atom stereocenters. The lowest BCUT2D eigenvalue weighted by Gasteiger charge is -2.10. The predicted octanol–water partition coefficient (Wildman–Crippen LogP) is 3.48. The van der Waals surface area contributed by atoms with E-state index >= 15 is 0 Å². The molecule has 0 bridgehead atoms. The van der Waals surface area contributed by atoms with Gasteiger partial charge in [0.05, 0.1) is 3.57 Å². The van der Waals surface area contributed by atoms with Crippen molar-refractivity contribution in [3.05, 3.63) is 21.8 Å². The summed E-state index contributed by atoms with van der Waals surface area (Å²) < 4.78 is 39.5. The summed E-state index contributed by atoms with van der Waals surface area (Å²) in [6.45, 7) is 0. The summed E-state index contributed by atoms with van der Waals surface area (Å²) in [7, 11) is 0. The zero-order valence-electron chi connectivity index (χ0n) is 6.10. The number of thiol groups is 1. The van der Waals surface area contributed by atoms with Gasteiger partial charge in [-0.3, -0.25) is 0 Å². The van der Waals surface area contributed by atoms with Crippen molar-refractivity contribution in [2.75, 3.05) is 0 Å². The van der Waals surface area contributed by atoms with Crippen molar-refractivity contribution in [1.29, 1.82) is 0 Å². The van der Waals surface area contributed by atoms with Gasteiger partial charge in [-0.1, -0.05) is 6.07 Å². The Morgan fingerprint density at radius 3 is 2.46 bits per heavy atom. The van der Waals surface area contributed by atoms with E-state index in [4.69, 9.17) is 0 Å². The van der Waals surface area contributed by atoms with Crippen LogP contribution in [0.5, 0.6) is 5.75 Å². The Morgan fingerprint density at radius 2 is 1.92 bits per heavy atom. The van der Waals surface area contributed by atoms with E-state index in [1.807, 2.05) is 0 Å². The number of rotatable bonds is 1. The lowest BCUT2D eigenvalue weighted by molar-refractivity contribution is -0.275. The van der Waals surface area contributed by atoms with Crippen molar-refractivity contribution in [2.24, 2.45) is 0 Å². The highest BCUT2D eigenvalue weighted by molar-refractivity contribution is 14.1. The molecule has 1 aromatic rings. The summed E-state index contributed by atoms with van der Waals surface area (Å²) >= 11 is 5.71. The second kappa shape index (κ2) is 3.95. The second-order valence-corrected chi connectivity index (χ2v) is 3.70. The quantitative estimate of drug-likeness (QED) is 0.616. The van der Waals surface area contributed by atoms with Crippen molar-refractivity contribution >= 4 is 35.2 Å². The number of hydrogen-bond donors (Lipinski definition) is 1. The zero-order chi connectivity index (χ0) is 10.1. The van der Waals surface area contributed by atoms with Gasteiger partial charge >= 0.3 is 6.36 Å². The number of halogens is 4. The first kappa shape index (κ1) is 11.0. The Morgan fingerprint density at radius 1 is 1.31 bits per heavy atom. The van der Waals surface area contributed by atoms with Crippen molar-refractivity contribution in [3.63, 3.8) is 0 Å². The minimum absolute atomic E-state index is 0.222. The highest BCUT2D eigenvalue weighted by atomic mass is 127. The number of alkyl halides is 3. The second-order valence-electron chi connectivity index (χ2n) is 2.14. The molecule has 1 aromatic carbocycles. The van der Waals surface area contributed by atoms with Crippen LogP contribution in [0.4, 0.5) is 13.2 Å². The molecule has 0 aliphatic carbocycles. The number of ether oxygens (including phenoxy) is 1. The maximum absolute atomic E-state index is 11.8. The molecule has 0 radical (unpaired) electrons. The molecule has 0 N–H and O–H groups in total. The summed E-state index contributed by atoms with van der Waals surface area (Å²) in [6, 6.07) is 4.29. The molecule has 1 rings (SSSR count). The van der Waals surface area contributed by atoms with Gasteiger partial charge in [0, 0.05) is 4.90 Å². The van der Waals surface area contributed by atoms with Crippen LogP contribution in [0, 0.1) is 3.57 Å². The van der Waals surface area contributed by atoms with Crippen LogP contribution >= 0.6 is 35.2 Å². The van der Waals surface area contributed by atoms with E-state index in [-0.39, 0.29) is 5.75 Å². The third-order valence-electron chi connectivity index (χ3n) is 1.17. The summed E-state index contributed by atoms with van der Waals surface area (Å²) in [6.07, 6.45) is -4.65. The summed E-state index contributed by atoms with van der Waals surface area (Å²) in [4.78, 5) is 0.461. The molecule has 0 aromatic heterocycles. The fourth-order valence-electron chi connectivity index (χ4n) is 0.703. The summed E-state index contributed by atoms with van der Waals surface area (Å²) in [5, 5.41) is 0. The molecule has 0 saturated heterocycles. The smallest absolute Gasteiger partial charge is 0.405 e. The van der Waals surface area contributed by atoms with E-state index in [0.717, 1.165) is 0 Å². The number of hydrogen-bond acceptors (Lipinski definition) is 2. The average molecular weight is 320 g/mol. The molecule has 0 aliphatic rings. The lowest BCUT2D eigenvalue weighted by atomic mass is 10.3. The topological polar surface area (TPSA) is 9.23 Å². The Labute approximate surface area is 91.8 Å². The van der Waals surface area contributed by atoms with Gasteiger partial charge in [-0.25, -0.2) is 0 Å². The molecule has 0 saturated carbocycles. The van der Waals surface area contributed by atoms with Crippen LogP contribution in [0.1, 0.15) is 0 Å². The molecule has 0 fully saturated rings. The van der Waals surface area contributed by atoms with Crippen LogP contribution in [-0.4, -0.2) is 6.36 Å². The summed E-state index contributed by atoms with van der Waals surface area (Å²) in [5.41, 5.74) is 0. The first-order chi connectivity index (χ1) is 5.90. The van der Waals surface area contributed by atoms with Gasteiger partial charge in [0.15, 0.2) is 0 Å². The predicted molar refractivity (Wildman–Crippen MR) is 53.1 cm³/mol. The van der Waals surface area contributed by atoms with Crippen LogP contribution in [0.2, 0.25) is 0 Å². The van der Waals surface area contributed by atoms with Crippen LogP contribution in [0.25, 0.3) is 0 Å². The fourth-order valence-corrected chi connectivity index (χ4v) is 1.37. The molecule has 1 nitrogen and oxygen atoms in total. The van der Waals surface area contributed by atoms with Gasteiger partial charge in [-0.15, -0.1) is 25.8 Å². The third kappa shape index (κ3) is 3.26. The first-order valence-corrected chi connectivity index (χ1v) is 4.66. The lowest BCUT2D eigenvalue weighted by Crippen LogP contribution is -2.17. The van der Waals surface area contributed by atoms with Crippen LogP contribution < -0.4 is 4.74 Å². The van der Waals surface area contributed by atoms with Crippen molar-refractivity contribution in [2.45, 2.75) is 11.3 Å². The minimum Gasteiger partial charge on any atom is -0.405 e. The van der Waals surface area contributed by atoms with Gasteiger partial charge < -0.3 is 4.74 Å². The van der Waals surface area contributed by atoms with Crippen molar-refractivity contribution in [3.8, 4) is 5.75 Å². The Kier molecular flexibility index (Phi) is 3.33. The molecular formula is C7H4F3IOS. The Hall–Kier alpha value is -0.110. The maximum Gasteiger partial charge on any atom is 0.573 e. The largest absolute Gasteiger partial charge is 0.573 e. The molecular weight excluding hydrogens is 316 g/mol. The van der Waals surface area contributed by atoms with Crippen molar-refractivity contribution < 1.29 is 17.9 Å². The van der Waals surface area contributed by atoms with Crippen LogP contribution in [-0.2, 0) is 0 Å². The van der Waals surface area contributed by atoms with Crippen LogP contribution in [0.15, 0.2) is 23.1 Å². The zero-order valence-corrected chi connectivity index (χ0v) is 9.15. The molecule has 0 amide bonds. The highest BCUT2D eigenvalue weighted by Crippen LogP contribution is 2.30. The van der Waals surface area contributed by atoms with Gasteiger partial charge in [-0.2, -0.15) is 0 Å². The van der Waals surface area contributed by atoms with E-state index in [9.17, 15) is 13.2 Å². The van der Waals surface area contributed by atoms with Gasteiger partial charge in [0.2, 0.25) is 0 Å². The van der Waals surface area contributed by atoms with Crippen LogP contribution in [0.3, 0.4) is 0 Å². The average Bonchev–Trinajstić information content (AvgIpc) is 1.96. The van der Waals surface area contributed by atoms with E-state index in [0.29, 0.717) is 8.47 Å². The molecule has 0 unspecified atom stereocenters.